The van der Waals surface area contributed by atoms with E-state index in [0.717, 1.165) is 0 Å². The van der Waals surface area contributed by atoms with E-state index in [0.29, 0.717) is 28.6 Å². The molecular formula is C17H21N3O5S. The van der Waals surface area contributed by atoms with Gasteiger partial charge in [0.25, 0.3) is 5.69 Å². The van der Waals surface area contributed by atoms with Gasteiger partial charge in [0.2, 0.25) is 0 Å². The fourth-order valence-electron chi connectivity index (χ4n) is 3.05. The number of rotatable bonds is 6. The Kier molecular flexibility index (Phi) is 6.27. The first kappa shape index (κ1) is 19.8. The number of benzene rings is 1. The van der Waals surface area contributed by atoms with Crippen LogP contribution in [0.2, 0.25) is 0 Å². The fraction of sp³-hybridized carbons (Fsp3) is 0.412. The first-order chi connectivity index (χ1) is 12.3. The Morgan fingerprint density at radius 2 is 2.15 bits per heavy atom. The van der Waals surface area contributed by atoms with Gasteiger partial charge in [-0.15, -0.1) is 0 Å². The summed E-state index contributed by atoms with van der Waals surface area (Å²) in [5.41, 5.74) is 1.47. The molecule has 1 aromatic carbocycles. The van der Waals surface area contributed by atoms with Crippen molar-refractivity contribution in [3.05, 3.63) is 51.2 Å². The fourth-order valence-corrected chi connectivity index (χ4v) is 3.48. The quantitative estimate of drug-likeness (QED) is 0.348. The second-order valence-corrected chi connectivity index (χ2v) is 6.29. The summed E-state index contributed by atoms with van der Waals surface area (Å²) in [6.07, 6.45) is 0. The number of nitrogens with zero attached hydrogens (tertiary/aromatic N) is 2. The minimum absolute atomic E-state index is 0.0627. The van der Waals surface area contributed by atoms with Crippen LogP contribution in [0.25, 0.3) is 0 Å². The zero-order valence-electron chi connectivity index (χ0n) is 15.0. The van der Waals surface area contributed by atoms with Gasteiger partial charge < -0.3 is 19.7 Å². The third kappa shape index (κ3) is 3.83. The molecule has 26 heavy (non-hydrogen) atoms. The number of hydrogen-bond acceptors (Lipinski definition) is 6. The van der Waals surface area contributed by atoms with Gasteiger partial charge in [0.15, 0.2) is 5.11 Å². The molecule has 0 amide bonds. The molecule has 1 aromatic rings. The highest BCUT2D eigenvalue weighted by atomic mass is 32.1. The van der Waals surface area contributed by atoms with E-state index in [4.69, 9.17) is 21.7 Å². The largest absolute Gasteiger partial charge is 0.466 e. The molecule has 0 radical (unpaired) electrons. The lowest BCUT2D eigenvalue weighted by Crippen LogP contribution is -2.52. The zero-order valence-corrected chi connectivity index (χ0v) is 15.8. The predicted molar refractivity (Wildman–Crippen MR) is 99.5 cm³/mol. The number of carbonyl (C=O) groups is 1. The van der Waals surface area contributed by atoms with Gasteiger partial charge in [0, 0.05) is 24.9 Å². The standard InChI is InChI=1S/C17H21N3O5S/c1-10(9-24-3)19-11(2)14(16(21)25-4)15(18-17(19)26)12-6-5-7-13(8-12)20(22)23/h5-8,10,15H,9H2,1-4H3,(H,18,26)/t10-,15+/m1/s1. The van der Waals surface area contributed by atoms with Crippen molar-refractivity contribution in [1.82, 2.24) is 10.2 Å². The van der Waals surface area contributed by atoms with E-state index in [1.165, 1.54) is 19.2 Å². The van der Waals surface area contributed by atoms with Gasteiger partial charge in [-0.2, -0.15) is 0 Å². The van der Waals surface area contributed by atoms with Crippen molar-refractivity contribution in [2.45, 2.75) is 25.9 Å². The molecule has 0 fully saturated rings. The van der Waals surface area contributed by atoms with Crippen molar-refractivity contribution < 1.29 is 19.2 Å². The van der Waals surface area contributed by atoms with Crippen molar-refractivity contribution in [2.75, 3.05) is 20.8 Å². The highest BCUT2D eigenvalue weighted by Gasteiger charge is 2.36. The molecule has 9 heteroatoms. The average molecular weight is 379 g/mol. The van der Waals surface area contributed by atoms with E-state index >= 15 is 0 Å². The lowest BCUT2D eigenvalue weighted by molar-refractivity contribution is -0.384. The number of carbonyl (C=O) groups excluding carboxylic acids is 1. The molecule has 8 nitrogen and oxygen atoms in total. The highest BCUT2D eigenvalue weighted by molar-refractivity contribution is 7.80. The molecule has 0 saturated carbocycles. The monoisotopic (exact) mass is 379 g/mol. The third-order valence-corrected chi connectivity index (χ3v) is 4.51. The highest BCUT2D eigenvalue weighted by Crippen LogP contribution is 2.33. The van der Waals surface area contributed by atoms with Crippen LogP contribution in [0.1, 0.15) is 25.5 Å². The van der Waals surface area contributed by atoms with Crippen LogP contribution in [0.15, 0.2) is 35.5 Å². The van der Waals surface area contributed by atoms with E-state index < -0.39 is 16.9 Å². The molecule has 1 aliphatic rings. The number of ether oxygens (including phenoxy) is 2. The van der Waals surface area contributed by atoms with Gasteiger partial charge >= 0.3 is 5.97 Å². The van der Waals surface area contributed by atoms with E-state index in [1.807, 2.05) is 6.92 Å². The number of hydrogen-bond donors (Lipinski definition) is 1. The Bertz CT molecular complexity index is 765. The average Bonchev–Trinajstić information content (AvgIpc) is 2.61. The molecule has 0 saturated heterocycles. The normalized spacial score (nSPS) is 18.4. The molecule has 0 unspecified atom stereocenters. The molecule has 2 atom stereocenters. The number of nitrogens with one attached hydrogen (secondary N) is 1. The number of non-ortho nitro benzene ring substituents is 1. The zero-order chi connectivity index (χ0) is 19.4. The van der Waals surface area contributed by atoms with Gasteiger partial charge in [0.05, 0.1) is 36.3 Å². The molecule has 140 valence electrons. The molecular weight excluding hydrogens is 358 g/mol. The first-order valence-corrected chi connectivity index (χ1v) is 8.34. The summed E-state index contributed by atoms with van der Waals surface area (Å²) in [5, 5.41) is 14.6. The topological polar surface area (TPSA) is 93.9 Å². The van der Waals surface area contributed by atoms with Crippen molar-refractivity contribution in [3.63, 3.8) is 0 Å². The van der Waals surface area contributed by atoms with Crippen LogP contribution in [0.3, 0.4) is 0 Å². The SMILES string of the molecule is COC[C@@H](C)N1C(=S)N[C@@H](c2cccc([N+](=O)[O-])c2)C(C(=O)OC)=C1C. The smallest absolute Gasteiger partial charge is 0.337 e. The summed E-state index contributed by atoms with van der Waals surface area (Å²) in [4.78, 5) is 24.9. The van der Waals surface area contributed by atoms with Crippen LogP contribution in [-0.2, 0) is 14.3 Å². The van der Waals surface area contributed by atoms with Crippen molar-refractivity contribution in [2.24, 2.45) is 0 Å². The minimum Gasteiger partial charge on any atom is -0.466 e. The molecule has 2 rings (SSSR count). The number of esters is 1. The Balaban J connectivity index is 2.56. The number of methoxy groups -OCH3 is 2. The Labute approximate surface area is 156 Å². The summed E-state index contributed by atoms with van der Waals surface area (Å²) >= 11 is 5.47. The summed E-state index contributed by atoms with van der Waals surface area (Å²) in [6.45, 7) is 4.11. The van der Waals surface area contributed by atoms with Gasteiger partial charge in [-0.1, -0.05) is 12.1 Å². The van der Waals surface area contributed by atoms with Crippen LogP contribution in [0, 0.1) is 10.1 Å². The Morgan fingerprint density at radius 3 is 2.73 bits per heavy atom. The van der Waals surface area contributed by atoms with Crippen LogP contribution < -0.4 is 5.32 Å². The summed E-state index contributed by atoms with van der Waals surface area (Å²) in [7, 11) is 2.88. The van der Waals surface area contributed by atoms with Crippen LogP contribution in [-0.4, -0.2) is 47.8 Å². The third-order valence-electron chi connectivity index (χ3n) is 4.19. The van der Waals surface area contributed by atoms with Crippen LogP contribution in [0.5, 0.6) is 0 Å². The number of thiocarbonyl (C=S) groups is 1. The van der Waals surface area contributed by atoms with Gasteiger partial charge in [0.1, 0.15) is 0 Å². The molecule has 1 N–H and O–H groups in total. The second-order valence-electron chi connectivity index (χ2n) is 5.90. The molecule has 0 bridgehead atoms. The molecule has 0 spiro atoms. The van der Waals surface area contributed by atoms with E-state index in [2.05, 4.69) is 5.32 Å². The maximum atomic E-state index is 12.5. The lowest BCUT2D eigenvalue weighted by Gasteiger charge is -2.40. The summed E-state index contributed by atoms with van der Waals surface area (Å²) < 4.78 is 10.1. The Hall–Kier alpha value is -2.52. The molecule has 0 aliphatic carbocycles. The number of nitro groups is 1. The maximum absolute atomic E-state index is 12.5. The number of nitro benzene ring substituents is 1. The van der Waals surface area contributed by atoms with Gasteiger partial charge in [-0.05, 0) is 31.6 Å². The van der Waals surface area contributed by atoms with E-state index in [9.17, 15) is 14.9 Å². The first-order valence-electron chi connectivity index (χ1n) is 7.93. The van der Waals surface area contributed by atoms with Crippen molar-refractivity contribution >= 4 is 29.0 Å². The molecule has 1 aliphatic heterocycles. The van der Waals surface area contributed by atoms with Crippen LogP contribution in [0.4, 0.5) is 5.69 Å². The lowest BCUT2D eigenvalue weighted by atomic mass is 9.94. The summed E-state index contributed by atoms with van der Waals surface area (Å²) in [6, 6.07) is 5.35. The Morgan fingerprint density at radius 1 is 1.46 bits per heavy atom. The van der Waals surface area contributed by atoms with Gasteiger partial charge in [-0.25, -0.2) is 4.79 Å². The van der Waals surface area contributed by atoms with E-state index in [-0.39, 0.29) is 11.7 Å². The summed E-state index contributed by atoms with van der Waals surface area (Å²) in [5.74, 6) is -0.524. The van der Waals surface area contributed by atoms with E-state index in [1.54, 1.807) is 31.1 Å². The molecule has 1 heterocycles. The predicted octanol–water partition coefficient (Wildman–Crippen LogP) is 2.31. The minimum atomic E-state index is -0.638. The van der Waals surface area contributed by atoms with Crippen molar-refractivity contribution in [3.8, 4) is 0 Å². The maximum Gasteiger partial charge on any atom is 0.337 e. The number of allylic oxidation sites excluding steroid dienone is 1. The van der Waals surface area contributed by atoms with Crippen molar-refractivity contribution in [1.29, 1.82) is 0 Å². The van der Waals surface area contributed by atoms with Crippen LogP contribution >= 0.6 is 12.2 Å². The van der Waals surface area contributed by atoms with Gasteiger partial charge in [-0.3, -0.25) is 10.1 Å². The second kappa shape index (κ2) is 8.24. The molecule has 0 aromatic heterocycles.